The molecule has 0 saturated carbocycles. The third kappa shape index (κ3) is 4.98. The number of alkyl carbamates (subject to hydrolysis) is 1. The van der Waals surface area contributed by atoms with E-state index < -0.39 is 18.2 Å². The van der Waals surface area contributed by atoms with Crippen LogP contribution in [0, 0.1) is 0 Å². The van der Waals surface area contributed by atoms with Gasteiger partial charge in [0.1, 0.15) is 12.6 Å². The molecule has 8 heteroatoms. The van der Waals surface area contributed by atoms with Crippen LogP contribution in [-0.4, -0.2) is 37.3 Å². The van der Waals surface area contributed by atoms with E-state index in [9.17, 15) is 9.90 Å². The molecule has 0 bridgehead atoms. The van der Waals surface area contributed by atoms with E-state index in [1.165, 1.54) is 4.68 Å². The lowest BCUT2D eigenvalue weighted by Crippen LogP contribution is -2.36. The summed E-state index contributed by atoms with van der Waals surface area (Å²) in [5, 5.41) is 25.9. The number of nitrogens with one attached hydrogen (secondary N) is 1. The molecule has 32 heavy (non-hydrogen) atoms. The van der Waals surface area contributed by atoms with Crippen LogP contribution in [0.1, 0.15) is 24.2 Å². The molecule has 2 N–H and O–H groups in total. The fourth-order valence-corrected chi connectivity index (χ4v) is 3.27. The molecule has 0 aliphatic heterocycles. The van der Waals surface area contributed by atoms with Crippen LogP contribution in [0.3, 0.4) is 0 Å². The van der Waals surface area contributed by atoms with Crippen LogP contribution in [0.4, 0.5) is 4.79 Å². The van der Waals surface area contributed by atoms with Crippen molar-refractivity contribution in [2.75, 3.05) is 0 Å². The molecule has 162 valence electrons. The maximum atomic E-state index is 12.4. The summed E-state index contributed by atoms with van der Waals surface area (Å²) in [6.07, 6.45) is 0.0402. The highest BCUT2D eigenvalue weighted by Gasteiger charge is 2.25. The van der Waals surface area contributed by atoms with Crippen molar-refractivity contribution in [3.05, 3.63) is 96.3 Å². The van der Waals surface area contributed by atoms with Crippen molar-refractivity contribution in [3.63, 3.8) is 0 Å². The second-order valence-electron chi connectivity index (χ2n) is 7.24. The first-order valence-electron chi connectivity index (χ1n) is 10.2. The molecule has 0 unspecified atom stereocenters. The van der Waals surface area contributed by atoms with E-state index in [1.54, 1.807) is 25.3 Å². The quantitative estimate of drug-likeness (QED) is 0.465. The lowest BCUT2D eigenvalue weighted by molar-refractivity contribution is 0.108. The third-order valence-corrected chi connectivity index (χ3v) is 4.90. The van der Waals surface area contributed by atoms with Crippen molar-refractivity contribution in [1.29, 1.82) is 0 Å². The SMILES string of the molecule is C[C@@H](O)[C@H](NC(=O)OCc1ccccc1)c1ccnn1-c1ccc(-c2ccccc2)nn1. The molecule has 0 radical (unpaired) electrons. The average Bonchev–Trinajstić information content (AvgIpc) is 3.32. The van der Waals surface area contributed by atoms with Crippen LogP contribution in [0.25, 0.3) is 17.1 Å². The van der Waals surface area contributed by atoms with Crippen molar-refractivity contribution < 1.29 is 14.6 Å². The van der Waals surface area contributed by atoms with Gasteiger partial charge in [-0.3, -0.25) is 0 Å². The van der Waals surface area contributed by atoms with E-state index in [2.05, 4.69) is 20.6 Å². The molecule has 0 spiro atoms. The van der Waals surface area contributed by atoms with Crippen LogP contribution in [0.15, 0.2) is 85.1 Å². The average molecular weight is 429 g/mol. The summed E-state index contributed by atoms with van der Waals surface area (Å²) >= 11 is 0. The monoisotopic (exact) mass is 429 g/mol. The van der Waals surface area contributed by atoms with Gasteiger partial charge in [-0.1, -0.05) is 60.7 Å². The summed E-state index contributed by atoms with van der Waals surface area (Å²) < 4.78 is 6.84. The molecular formula is C24H23N5O3. The molecule has 4 rings (SSSR count). The zero-order valence-corrected chi connectivity index (χ0v) is 17.5. The maximum absolute atomic E-state index is 12.4. The number of aliphatic hydroxyl groups is 1. The summed E-state index contributed by atoms with van der Waals surface area (Å²) in [7, 11) is 0. The van der Waals surface area contributed by atoms with E-state index in [-0.39, 0.29) is 6.61 Å². The number of rotatable bonds is 7. The molecule has 0 saturated heterocycles. The number of amides is 1. The number of ether oxygens (including phenoxy) is 1. The maximum Gasteiger partial charge on any atom is 0.408 e. The van der Waals surface area contributed by atoms with Gasteiger partial charge < -0.3 is 15.2 Å². The minimum absolute atomic E-state index is 0.130. The topological polar surface area (TPSA) is 102 Å². The van der Waals surface area contributed by atoms with Crippen molar-refractivity contribution >= 4 is 6.09 Å². The summed E-state index contributed by atoms with van der Waals surface area (Å²) in [5.41, 5.74) is 3.11. The highest BCUT2D eigenvalue weighted by atomic mass is 16.5. The van der Waals surface area contributed by atoms with E-state index in [1.807, 2.05) is 66.7 Å². The lowest BCUT2D eigenvalue weighted by atomic mass is 10.1. The Morgan fingerprint density at radius 3 is 2.38 bits per heavy atom. The predicted molar refractivity (Wildman–Crippen MR) is 119 cm³/mol. The number of hydrogen-bond acceptors (Lipinski definition) is 6. The smallest absolute Gasteiger partial charge is 0.408 e. The molecule has 1 amide bonds. The second kappa shape index (κ2) is 9.84. The minimum Gasteiger partial charge on any atom is -0.445 e. The molecule has 8 nitrogen and oxygen atoms in total. The van der Waals surface area contributed by atoms with Crippen molar-refractivity contribution in [2.24, 2.45) is 0 Å². The largest absolute Gasteiger partial charge is 0.445 e. The van der Waals surface area contributed by atoms with Crippen LogP contribution in [0.2, 0.25) is 0 Å². The van der Waals surface area contributed by atoms with Gasteiger partial charge in [0.25, 0.3) is 0 Å². The highest BCUT2D eigenvalue weighted by molar-refractivity contribution is 5.68. The molecule has 2 aromatic heterocycles. The molecule has 2 atom stereocenters. The Bertz CT molecular complexity index is 1150. The molecule has 0 aliphatic carbocycles. The van der Waals surface area contributed by atoms with E-state index in [0.717, 1.165) is 16.8 Å². The number of hydrogen-bond donors (Lipinski definition) is 2. The van der Waals surface area contributed by atoms with E-state index in [4.69, 9.17) is 4.74 Å². The number of aliphatic hydroxyl groups excluding tert-OH is 1. The Morgan fingerprint density at radius 2 is 1.72 bits per heavy atom. The summed E-state index contributed by atoms with van der Waals surface area (Å²) in [6.45, 7) is 1.72. The second-order valence-corrected chi connectivity index (χ2v) is 7.24. The minimum atomic E-state index is -0.897. The first-order valence-corrected chi connectivity index (χ1v) is 10.2. The highest BCUT2D eigenvalue weighted by Crippen LogP contribution is 2.21. The van der Waals surface area contributed by atoms with Gasteiger partial charge in [0, 0.05) is 11.8 Å². The molecule has 2 heterocycles. The van der Waals surface area contributed by atoms with Crippen molar-refractivity contribution in [2.45, 2.75) is 25.7 Å². The summed E-state index contributed by atoms with van der Waals surface area (Å²) in [4.78, 5) is 12.4. The first-order chi connectivity index (χ1) is 15.6. The van der Waals surface area contributed by atoms with Gasteiger partial charge in [-0.05, 0) is 30.7 Å². The van der Waals surface area contributed by atoms with Crippen molar-refractivity contribution in [1.82, 2.24) is 25.3 Å². The Balaban J connectivity index is 1.50. The van der Waals surface area contributed by atoms with E-state index >= 15 is 0 Å². The zero-order valence-electron chi connectivity index (χ0n) is 17.5. The Labute approximate surface area is 185 Å². The summed E-state index contributed by atoms with van der Waals surface area (Å²) in [6, 6.07) is 23.7. The molecule has 0 aliphatic rings. The van der Waals surface area contributed by atoms with Gasteiger partial charge in [0.05, 0.1) is 17.5 Å². The molecule has 4 aromatic rings. The zero-order chi connectivity index (χ0) is 22.3. The number of carbonyl (C=O) groups excluding carboxylic acids is 1. The third-order valence-electron chi connectivity index (χ3n) is 4.90. The van der Waals surface area contributed by atoms with Gasteiger partial charge in [-0.25, -0.2) is 9.48 Å². The van der Waals surface area contributed by atoms with Gasteiger partial charge in [0.2, 0.25) is 0 Å². The molecular weight excluding hydrogens is 406 g/mol. The molecule has 0 fully saturated rings. The fourth-order valence-electron chi connectivity index (χ4n) is 3.27. The molecule has 2 aromatic carbocycles. The van der Waals surface area contributed by atoms with Gasteiger partial charge in [-0.2, -0.15) is 5.10 Å². The number of aromatic nitrogens is 4. The normalized spacial score (nSPS) is 12.7. The van der Waals surface area contributed by atoms with E-state index in [0.29, 0.717) is 11.5 Å². The lowest BCUT2D eigenvalue weighted by Gasteiger charge is -2.22. The number of nitrogens with zero attached hydrogens (tertiary/aromatic N) is 4. The van der Waals surface area contributed by atoms with Crippen LogP contribution in [-0.2, 0) is 11.3 Å². The van der Waals surface area contributed by atoms with Crippen LogP contribution < -0.4 is 5.32 Å². The van der Waals surface area contributed by atoms with Crippen molar-refractivity contribution in [3.8, 4) is 17.1 Å². The van der Waals surface area contributed by atoms with Crippen LogP contribution >= 0.6 is 0 Å². The Morgan fingerprint density at radius 1 is 1.00 bits per heavy atom. The first kappa shape index (κ1) is 21.2. The Hall–Kier alpha value is -4.04. The standard InChI is InChI=1S/C24H23N5O3/c1-17(30)23(26-24(31)32-16-18-8-4-2-5-9-18)21-14-15-25-29(21)22-13-12-20(27-28-22)19-10-6-3-7-11-19/h2-15,17,23,30H,16H2,1H3,(H,26,31)/t17-,23+/m1/s1. The Kier molecular flexibility index (Phi) is 6.52. The van der Waals surface area contributed by atoms with Gasteiger partial charge in [-0.15, -0.1) is 10.2 Å². The number of carbonyl (C=O) groups is 1. The summed E-state index contributed by atoms with van der Waals surface area (Å²) in [5.74, 6) is 0.467. The number of benzene rings is 2. The van der Waals surface area contributed by atoms with Gasteiger partial charge in [0.15, 0.2) is 5.82 Å². The van der Waals surface area contributed by atoms with Crippen LogP contribution in [0.5, 0.6) is 0 Å². The fraction of sp³-hybridized carbons (Fsp3) is 0.167. The van der Waals surface area contributed by atoms with Gasteiger partial charge >= 0.3 is 6.09 Å². The predicted octanol–water partition coefficient (Wildman–Crippen LogP) is 3.68.